The summed E-state index contributed by atoms with van der Waals surface area (Å²) < 4.78 is 58.2. The van der Waals surface area contributed by atoms with Crippen LogP contribution in [-0.4, -0.2) is 50.6 Å². The summed E-state index contributed by atoms with van der Waals surface area (Å²) in [5.41, 5.74) is 5.84. The molecule has 0 saturated carbocycles. The van der Waals surface area contributed by atoms with E-state index in [0.29, 0.717) is 32.7 Å². The first-order valence-corrected chi connectivity index (χ1v) is 8.16. The quantitative estimate of drug-likeness (QED) is 0.620. The minimum absolute atomic E-state index is 0.0419. The van der Waals surface area contributed by atoms with E-state index >= 15 is 0 Å². The van der Waals surface area contributed by atoms with Gasteiger partial charge in [0.25, 0.3) is 0 Å². The Hall–Kier alpha value is -2.04. The fraction of sp³-hybridized carbons (Fsp3) is 0.562. The van der Waals surface area contributed by atoms with Crippen LogP contribution in [0.1, 0.15) is 12.8 Å². The molecule has 2 aliphatic rings. The SMILES string of the molecule is NC(=NCC1COC2(CCOCC2)O1)Nc1ccccc1OC(F)(F)F. The highest BCUT2D eigenvalue weighted by Gasteiger charge is 2.42. The van der Waals surface area contributed by atoms with E-state index in [-0.39, 0.29) is 30.0 Å². The summed E-state index contributed by atoms with van der Waals surface area (Å²) in [6, 6.07) is 5.58. The van der Waals surface area contributed by atoms with Gasteiger partial charge in [-0.1, -0.05) is 12.1 Å². The van der Waals surface area contributed by atoms with Crippen LogP contribution in [0.25, 0.3) is 0 Å². The molecule has 0 bridgehead atoms. The van der Waals surface area contributed by atoms with E-state index in [0.717, 1.165) is 0 Å². The Morgan fingerprint density at radius 2 is 2.04 bits per heavy atom. The number of ether oxygens (including phenoxy) is 4. The first-order chi connectivity index (χ1) is 12.4. The molecule has 1 atom stereocenters. The van der Waals surface area contributed by atoms with Gasteiger partial charge in [0, 0.05) is 12.8 Å². The van der Waals surface area contributed by atoms with Gasteiger partial charge in [-0.3, -0.25) is 4.99 Å². The number of alkyl halides is 3. The minimum atomic E-state index is -4.79. The highest BCUT2D eigenvalue weighted by molar-refractivity contribution is 5.93. The predicted octanol–water partition coefficient (Wildman–Crippen LogP) is 2.23. The van der Waals surface area contributed by atoms with Crippen molar-refractivity contribution in [1.29, 1.82) is 0 Å². The Kier molecular flexibility index (Phi) is 5.54. The highest BCUT2D eigenvalue weighted by atomic mass is 19.4. The average Bonchev–Trinajstić information content (AvgIpc) is 2.97. The third-order valence-electron chi connectivity index (χ3n) is 4.01. The molecule has 0 amide bonds. The zero-order chi connectivity index (χ0) is 18.6. The molecule has 1 spiro atoms. The number of para-hydroxylation sites is 2. The lowest BCUT2D eigenvalue weighted by atomic mass is 10.1. The van der Waals surface area contributed by atoms with Gasteiger partial charge in [-0.05, 0) is 12.1 Å². The van der Waals surface area contributed by atoms with Gasteiger partial charge in [-0.2, -0.15) is 0 Å². The number of anilines is 1. The van der Waals surface area contributed by atoms with E-state index < -0.39 is 12.1 Å². The van der Waals surface area contributed by atoms with E-state index in [1.165, 1.54) is 18.2 Å². The predicted molar refractivity (Wildman–Crippen MR) is 86.8 cm³/mol. The number of aliphatic imine (C=N–C) groups is 1. The van der Waals surface area contributed by atoms with Crippen molar-refractivity contribution in [3.8, 4) is 5.75 Å². The van der Waals surface area contributed by atoms with Crippen molar-refractivity contribution in [3.05, 3.63) is 24.3 Å². The fourth-order valence-corrected chi connectivity index (χ4v) is 2.81. The molecule has 1 aromatic carbocycles. The van der Waals surface area contributed by atoms with E-state index in [1.54, 1.807) is 6.07 Å². The summed E-state index contributed by atoms with van der Waals surface area (Å²) in [6.07, 6.45) is -3.75. The number of hydrogen-bond donors (Lipinski definition) is 2. The summed E-state index contributed by atoms with van der Waals surface area (Å²) in [4.78, 5) is 4.13. The molecule has 26 heavy (non-hydrogen) atoms. The van der Waals surface area contributed by atoms with E-state index in [4.69, 9.17) is 19.9 Å². The third-order valence-corrected chi connectivity index (χ3v) is 4.01. The maximum Gasteiger partial charge on any atom is 0.573 e. The topological polar surface area (TPSA) is 87.3 Å². The molecule has 2 fully saturated rings. The number of benzene rings is 1. The zero-order valence-corrected chi connectivity index (χ0v) is 13.9. The molecule has 1 unspecified atom stereocenters. The van der Waals surface area contributed by atoms with Crippen LogP contribution in [-0.2, 0) is 14.2 Å². The molecule has 2 saturated heterocycles. The second kappa shape index (κ2) is 7.68. The lowest BCUT2D eigenvalue weighted by Gasteiger charge is -2.31. The zero-order valence-electron chi connectivity index (χ0n) is 13.9. The molecule has 2 aliphatic heterocycles. The van der Waals surface area contributed by atoms with Gasteiger partial charge in [0.2, 0.25) is 0 Å². The molecule has 2 heterocycles. The highest BCUT2D eigenvalue weighted by Crippen LogP contribution is 2.33. The molecule has 0 aromatic heterocycles. The Balaban J connectivity index is 1.56. The van der Waals surface area contributed by atoms with Gasteiger partial charge in [-0.25, -0.2) is 0 Å². The molecule has 1 aromatic rings. The van der Waals surface area contributed by atoms with Gasteiger partial charge in [-0.15, -0.1) is 13.2 Å². The van der Waals surface area contributed by atoms with Crippen LogP contribution in [0.3, 0.4) is 0 Å². The minimum Gasteiger partial charge on any atom is -0.404 e. The maximum absolute atomic E-state index is 12.4. The van der Waals surface area contributed by atoms with Gasteiger partial charge in [0.1, 0.15) is 6.10 Å². The molecule has 0 aliphatic carbocycles. The first kappa shape index (κ1) is 18.7. The number of guanidine groups is 1. The van der Waals surface area contributed by atoms with Crippen LogP contribution in [0.5, 0.6) is 5.75 Å². The molecular formula is C16H20F3N3O4. The van der Waals surface area contributed by atoms with Crippen molar-refractivity contribution in [2.75, 3.05) is 31.7 Å². The van der Waals surface area contributed by atoms with E-state index in [2.05, 4.69) is 15.0 Å². The number of nitrogens with two attached hydrogens (primary N) is 1. The standard InChI is InChI=1S/C16H20F3N3O4/c17-16(18,19)26-13-4-2-1-3-12(13)22-14(20)21-9-11-10-24-15(25-11)5-7-23-8-6-15/h1-4,11H,5-10H2,(H3,20,21,22). The second-order valence-electron chi connectivity index (χ2n) is 5.97. The number of nitrogens with one attached hydrogen (secondary N) is 1. The van der Waals surface area contributed by atoms with E-state index in [9.17, 15) is 13.2 Å². The van der Waals surface area contributed by atoms with Crippen molar-refractivity contribution in [2.45, 2.75) is 31.1 Å². The van der Waals surface area contributed by atoms with Crippen LogP contribution < -0.4 is 15.8 Å². The Bertz CT molecular complexity index is 648. The Morgan fingerprint density at radius 1 is 1.31 bits per heavy atom. The average molecular weight is 375 g/mol. The van der Waals surface area contributed by atoms with Crippen LogP contribution >= 0.6 is 0 Å². The number of nitrogens with zero attached hydrogens (tertiary/aromatic N) is 1. The first-order valence-electron chi connectivity index (χ1n) is 8.16. The van der Waals surface area contributed by atoms with Crippen molar-refractivity contribution < 1.29 is 32.1 Å². The summed E-state index contributed by atoms with van der Waals surface area (Å²) >= 11 is 0. The van der Waals surface area contributed by atoms with Gasteiger partial charge < -0.3 is 30.0 Å². The number of hydrogen-bond acceptors (Lipinski definition) is 5. The van der Waals surface area contributed by atoms with Gasteiger partial charge in [0.05, 0.1) is 32.1 Å². The molecule has 3 rings (SSSR count). The van der Waals surface area contributed by atoms with Gasteiger partial charge >= 0.3 is 6.36 Å². The van der Waals surface area contributed by atoms with Crippen molar-refractivity contribution in [2.24, 2.45) is 10.7 Å². The lowest BCUT2D eigenvalue weighted by Crippen LogP contribution is -2.38. The summed E-state index contributed by atoms with van der Waals surface area (Å²) in [5.74, 6) is -1.05. The monoisotopic (exact) mass is 375 g/mol. The Morgan fingerprint density at radius 3 is 2.77 bits per heavy atom. The van der Waals surface area contributed by atoms with Crippen LogP contribution in [0.4, 0.5) is 18.9 Å². The Labute approximate surface area is 148 Å². The van der Waals surface area contributed by atoms with E-state index in [1.807, 2.05) is 0 Å². The van der Waals surface area contributed by atoms with Gasteiger partial charge in [0.15, 0.2) is 17.5 Å². The molecule has 0 radical (unpaired) electrons. The number of rotatable bonds is 4. The van der Waals surface area contributed by atoms with Crippen LogP contribution in [0.15, 0.2) is 29.3 Å². The lowest BCUT2D eigenvalue weighted by molar-refractivity contribution is -0.274. The van der Waals surface area contributed by atoms with Crippen molar-refractivity contribution in [1.82, 2.24) is 0 Å². The van der Waals surface area contributed by atoms with Crippen molar-refractivity contribution >= 4 is 11.6 Å². The summed E-state index contributed by atoms with van der Waals surface area (Å²) in [6.45, 7) is 1.76. The van der Waals surface area contributed by atoms with Crippen LogP contribution in [0.2, 0.25) is 0 Å². The second-order valence-corrected chi connectivity index (χ2v) is 5.97. The summed E-state index contributed by atoms with van der Waals surface area (Å²) in [5, 5.41) is 2.61. The molecule has 3 N–H and O–H groups in total. The largest absolute Gasteiger partial charge is 0.573 e. The molecule has 10 heteroatoms. The van der Waals surface area contributed by atoms with Crippen LogP contribution in [0, 0.1) is 0 Å². The molecular weight excluding hydrogens is 355 g/mol. The molecule has 7 nitrogen and oxygen atoms in total. The van der Waals surface area contributed by atoms with Crippen molar-refractivity contribution in [3.63, 3.8) is 0 Å². The summed E-state index contributed by atoms with van der Waals surface area (Å²) in [7, 11) is 0. The third kappa shape index (κ3) is 4.99. The normalized spacial score (nSPS) is 23.2. The maximum atomic E-state index is 12.4. The molecule has 144 valence electrons. The smallest absolute Gasteiger partial charge is 0.404 e. The number of halogens is 3. The fourth-order valence-electron chi connectivity index (χ4n) is 2.81.